The third-order valence-corrected chi connectivity index (χ3v) is 4.96. The van der Waals surface area contributed by atoms with Crippen molar-refractivity contribution in [2.45, 2.75) is 13.0 Å². The average Bonchev–Trinajstić information content (AvgIpc) is 3.13. The molecule has 2 heterocycles. The molecule has 0 spiro atoms. The molecular formula is C23H20ClFN4. The second-order valence-corrected chi connectivity index (χ2v) is 7.30. The fourth-order valence-corrected chi connectivity index (χ4v) is 3.34. The number of aromatic nitrogens is 3. The van der Waals surface area contributed by atoms with Gasteiger partial charge in [0, 0.05) is 48.5 Å². The summed E-state index contributed by atoms with van der Waals surface area (Å²) in [5.74, 6) is 0.645. The first-order valence-corrected chi connectivity index (χ1v) is 9.65. The van der Waals surface area contributed by atoms with E-state index in [4.69, 9.17) is 16.6 Å². The first-order chi connectivity index (χ1) is 14.1. The standard InChI is InChI=1S/C23H20ClFN4/c1-28(21-10-12-26-13-11-21)15-20-16-29(22-8-4-18(24)5-9-22)23(27-20)14-17-2-6-19(25)7-3-17/h2-13,16H,14-15H2,1H3. The van der Waals surface area contributed by atoms with Crippen molar-refractivity contribution in [3.63, 3.8) is 0 Å². The molecule has 2 aromatic carbocycles. The Morgan fingerprint density at radius 1 is 0.966 bits per heavy atom. The van der Waals surface area contributed by atoms with Gasteiger partial charge in [0.05, 0.1) is 12.2 Å². The highest BCUT2D eigenvalue weighted by Crippen LogP contribution is 2.21. The minimum absolute atomic E-state index is 0.241. The highest BCUT2D eigenvalue weighted by Gasteiger charge is 2.13. The van der Waals surface area contributed by atoms with E-state index in [9.17, 15) is 4.39 Å². The van der Waals surface area contributed by atoms with E-state index in [-0.39, 0.29) is 5.82 Å². The monoisotopic (exact) mass is 406 g/mol. The predicted octanol–water partition coefficient (Wildman–Crippen LogP) is 5.29. The summed E-state index contributed by atoms with van der Waals surface area (Å²) < 4.78 is 15.3. The van der Waals surface area contributed by atoms with Crippen LogP contribution >= 0.6 is 11.6 Å². The fraction of sp³-hybridized carbons (Fsp3) is 0.130. The van der Waals surface area contributed by atoms with Gasteiger partial charge in [0.1, 0.15) is 11.6 Å². The van der Waals surface area contributed by atoms with Crippen molar-refractivity contribution < 1.29 is 4.39 Å². The van der Waals surface area contributed by atoms with E-state index in [0.717, 1.165) is 28.5 Å². The third-order valence-electron chi connectivity index (χ3n) is 4.71. The lowest BCUT2D eigenvalue weighted by Crippen LogP contribution is -2.16. The maximum absolute atomic E-state index is 13.3. The van der Waals surface area contributed by atoms with Gasteiger partial charge in [-0.1, -0.05) is 23.7 Å². The van der Waals surface area contributed by atoms with Crippen LogP contribution in [0.3, 0.4) is 0 Å². The lowest BCUT2D eigenvalue weighted by molar-refractivity contribution is 0.627. The van der Waals surface area contributed by atoms with Crippen LogP contribution in [0.25, 0.3) is 5.69 Å². The highest BCUT2D eigenvalue weighted by molar-refractivity contribution is 6.30. The van der Waals surface area contributed by atoms with Crippen LogP contribution in [0.2, 0.25) is 5.02 Å². The van der Waals surface area contributed by atoms with Crippen molar-refractivity contribution in [2.24, 2.45) is 0 Å². The number of hydrogen-bond donors (Lipinski definition) is 0. The number of benzene rings is 2. The molecule has 2 aromatic heterocycles. The molecule has 0 fully saturated rings. The number of anilines is 1. The lowest BCUT2D eigenvalue weighted by Gasteiger charge is -2.17. The molecule has 0 unspecified atom stereocenters. The number of imidazole rings is 1. The van der Waals surface area contributed by atoms with Crippen molar-refractivity contribution in [3.05, 3.63) is 107 Å². The molecule has 0 atom stereocenters. The largest absolute Gasteiger partial charge is 0.369 e. The van der Waals surface area contributed by atoms with E-state index in [1.165, 1.54) is 12.1 Å². The van der Waals surface area contributed by atoms with Gasteiger partial charge >= 0.3 is 0 Å². The summed E-state index contributed by atoms with van der Waals surface area (Å²) in [7, 11) is 2.02. The quantitative estimate of drug-likeness (QED) is 0.436. The summed E-state index contributed by atoms with van der Waals surface area (Å²) in [5, 5.41) is 0.687. The zero-order chi connectivity index (χ0) is 20.2. The van der Waals surface area contributed by atoms with Crippen LogP contribution in [0.5, 0.6) is 0 Å². The van der Waals surface area contributed by atoms with Gasteiger partial charge < -0.3 is 9.47 Å². The van der Waals surface area contributed by atoms with E-state index in [2.05, 4.69) is 14.5 Å². The predicted molar refractivity (Wildman–Crippen MR) is 114 cm³/mol. The van der Waals surface area contributed by atoms with Crippen LogP contribution in [0.4, 0.5) is 10.1 Å². The van der Waals surface area contributed by atoms with E-state index < -0.39 is 0 Å². The van der Waals surface area contributed by atoms with Crippen molar-refractivity contribution in [1.82, 2.24) is 14.5 Å². The molecule has 0 aliphatic rings. The van der Waals surface area contributed by atoms with Gasteiger partial charge in [0.15, 0.2) is 0 Å². The van der Waals surface area contributed by atoms with Crippen molar-refractivity contribution in [3.8, 4) is 5.69 Å². The Morgan fingerprint density at radius 3 is 2.34 bits per heavy atom. The van der Waals surface area contributed by atoms with E-state index >= 15 is 0 Å². The van der Waals surface area contributed by atoms with Gasteiger partial charge in [0.25, 0.3) is 0 Å². The second kappa shape index (κ2) is 8.45. The Morgan fingerprint density at radius 2 is 1.66 bits per heavy atom. The first kappa shape index (κ1) is 19.2. The molecule has 0 bridgehead atoms. The summed E-state index contributed by atoms with van der Waals surface area (Å²) in [6.45, 7) is 0.654. The van der Waals surface area contributed by atoms with Gasteiger partial charge in [-0.25, -0.2) is 9.37 Å². The Balaban J connectivity index is 1.66. The minimum Gasteiger partial charge on any atom is -0.369 e. The van der Waals surface area contributed by atoms with Crippen LogP contribution < -0.4 is 4.90 Å². The zero-order valence-electron chi connectivity index (χ0n) is 16.0. The topological polar surface area (TPSA) is 34.0 Å². The SMILES string of the molecule is CN(Cc1cn(-c2ccc(Cl)cc2)c(Cc2ccc(F)cc2)n1)c1ccncc1. The second-order valence-electron chi connectivity index (χ2n) is 6.86. The summed E-state index contributed by atoms with van der Waals surface area (Å²) in [6, 6.07) is 18.1. The molecule has 29 heavy (non-hydrogen) atoms. The Hall–Kier alpha value is -3.18. The summed E-state index contributed by atoms with van der Waals surface area (Å²) >= 11 is 6.05. The molecule has 0 N–H and O–H groups in total. The molecule has 6 heteroatoms. The van der Waals surface area contributed by atoms with Gasteiger partial charge in [-0.2, -0.15) is 0 Å². The minimum atomic E-state index is -0.241. The highest BCUT2D eigenvalue weighted by atomic mass is 35.5. The van der Waals surface area contributed by atoms with Crippen molar-refractivity contribution in [2.75, 3.05) is 11.9 Å². The van der Waals surface area contributed by atoms with Gasteiger partial charge in [-0.05, 0) is 54.1 Å². The Kier molecular flexibility index (Phi) is 5.58. The van der Waals surface area contributed by atoms with E-state index in [1.807, 2.05) is 49.6 Å². The molecule has 0 aliphatic carbocycles. The van der Waals surface area contributed by atoms with Gasteiger partial charge in [0.2, 0.25) is 0 Å². The number of halogens is 2. The lowest BCUT2D eigenvalue weighted by atomic mass is 10.1. The molecule has 4 aromatic rings. The summed E-state index contributed by atoms with van der Waals surface area (Å²) in [6.07, 6.45) is 6.19. The van der Waals surface area contributed by atoms with Crippen molar-refractivity contribution >= 4 is 17.3 Å². The fourth-order valence-electron chi connectivity index (χ4n) is 3.22. The van der Waals surface area contributed by atoms with Crippen LogP contribution in [-0.4, -0.2) is 21.6 Å². The molecule has 146 valence electrons. The van der Waals surface area contributed by atoms with Crippen LogP contribution in [-0.2, 0) is 13.0 Å². The number of hydrogen-bond acceptors (Lipinski definition) is 3. The average molecular weight is 407 g/mol. The molecule has 0 aliphatic heterocycles. The maximum atomic E-state index is 13.3. The molecule has 0 saturated carbocycles. The van der Waals surface area contributed by atoms with Gasteiger partial charge in [-0.15, -0.1) is 0 Å². The molecular weight excluding hydrogens is 387 g/mol. The van der Waals surface area contributed by atoms with Gasteiger partial charge in [-0.3, -0.25) is 4.98 Å². The molecule has 4 nitrogen and oxygen atoms in total. The van der Waals surface area contributed by atoms with Crippen molar-refractivity contribution in [1.29, 1.82) is 0 Å². The smallest absolute Gasteiger partial charge is 0.123 e. The molecule has 0 radical (unpaired) electrons. The van der Waals surface area contributed by atoms with E-state index in [1.54, 1.807) is 24.5 Å². The molecule has 4 rings (SSSR count). The molecule has 0 saturated heterocycles. The Bertz CT molecular complexity index is 1080. The molecule has 0 amide bonds. The first-order valence-electron chi connectivity index (χ1n) is 9.27. The number of rotatable bonds is 6. The summed E-state index contributed by atoms with van der Waals surface area (Å²) in [4.78, 5) is 11.1. The van der Waals surface area contributed by atoms with Crippen LogP contribution in [0.1, 0.15) is 17.1 Å². The number of pyridine rings is 1. The maximum Gasteiger partial charge on any atom is 0.123 e. The van der Waals surface area contributed by atoms with Crippen LogP contribution in [0, 0.1) is 5.82 Å². The Labute approximate surface area is 174 Å². The van der Waals surface area contributed by atoms with Crippen LogP contribution in [0.15, 0.2) is 79.3 Å². The number of nitrogens with zero attached hydrogens (tertiary/aromatic N) is 4. The van der Waals surface area contributed by atoms with E-state index in [0.29, 0.717) is 18.0 Å². The normalized spacial score (nSPS) is 10.9. The third kappa shape index (κ3) is 4.63. The zero-order valence-corrected chi connectivity index (χ0v) is 16.7. The summed E-state index contributed by atoms with van der Waals surface area (Å²) in [5.41, 5.74) is 4.00.